The Morgan fingerprint density at radius 3 is 2.25 bits per heavy atom. The monoisotopic (exact) mass is 709 g/mol. The summed E-state index contributed by atoms with van der Waals surface area (Å²) in [6.45, 7) is 1.60. The van der Waals surface area contributed by atoms with Gasteiger partial charge in [0.05, 0.1) is 36.0 Å². The second-order valence-corrected chi connectivity index (χ2v) is 12.3. The van der Waals surface area contributed by atoms with Crippen LogP contribution in [-0.2, 0) is 4.79 Å². The Morgan fingerprint density at radius 1 is 1.02 bits per heavy atom. The van der Waals surface area contributed by atoms with Gasteiger partial charge in [-0.25, -0.2) is 4.79 Å². The van der Waals surface area contributed by atoms with E-state index in [9.17, 15) is 20.0 Å². The van der Waals surface area contributed by atoms with E-state index in [0.717, 1.165) is 27.2 Å². The van der Waals surface area contributed by atoms with Crippen LogP contribution in [0.5, 0.6) is 17.2 Å². The van der Waals surface area contributed by atoms with E-state index in [1.54, 1.807) is 24.3 Å². The number of nitrogens with two attached hydrogens (primary N) is 2. The molecule has 244 valence electrons. The summed E-state index contributed by atoms with van der Waals surface area (Å²) in [7, 11) is 3.02. The number of allylic oxidation sites excluding steroid dienone is 1. The molecular weight excluding hydrogens is 678 g/mol. The Labute approximate surface area is 285 Å². The van der Waals surface area contributed by atoms with E-state index in [1.165, 1.54) is 21.1 Å². The van der Waals surface area contributed by atoms with Gasteiger partial charge in [0.25, 0.3) is 0 Å². The third kappa shape index (κ3) is 5.42. The van der Waals surface area contributed by atoms with Crippen LogP contribution >= 0.6 is 15.9 Å². The summed E-state index contributed by atoms with van der Waals surface area (Å²) < 4.78 is 17.4. The van der Waals surface area contributed by atoms with Crippen LogP contribution in [0.4, 0.5) is 16.2 Å². The third-order valence-electron chi connectivity index (χ3n) is 8.91. The van der Waals surface area contributed by atoms with Crippen LogP contribution in [0, 0.1) is 11.3 Å². The summed E-state index contributed by atoms with van der Waals surface area (Å²) in [4.78, 5) is 27.4. The number of ether oxygens (including phenoxy) is 3. The first-order valence-electron chi connectivity index (χ1n) is 15.0. The molecule has 4 aromatic carbocycles. The van der Waals surface area contributed by atoms with E-state index >= 15 is 0 Å². The summed E-state index contributed by atoms with van der Waals surface area (Å²) in [5.74, 6) is -0.567. The van der Waals surface area contributed by atoms with Crippen molar-refractivity contribution in [2.75, 3.05) is 31.8 Å². The lowest BCUT2D eigenvalue weighted by Crippen LogP contribution is -2.46. The number of nitrogens with one attached hydrogen (secondary N) is 1. The minimum absolute atomic E-state index is 0.0676. The number of hydrogen-bond acceptors (Lipinski definition) is 8. The molecule has 0 unspecified atom stereocenters. The molecule has 1 aliphatic carbocycles. The fourth-order valence-electron chi connectivity index (χ4n) is 6.53. The lowest BCUT2D eigenvalue weighted by atomic mass is 9.83. The molecule has 0 saturated heterocycles. The molecule has 0 bridgehead atoms. The molecule has 0 spiro atoms. The van der Waals surface area contributed by atoms with E-state index in [2.05, 4.69) is 27.3 Å². The highest BCUT2D eigenvalue weighted by Crippen LogP contribution is 2.49. The minimum Gasteiger partial charge on any atom is -0.493 e. The van der Waals surface area contributed by atoms with Gasteiger partial charge in [0, 0.05) is 18.0 Å². The number of halogens is 1. The van der Waals surface area contributed by atoms with Gasteiger partial charge in [-0.05, 0) is 68.9 Å². The number of carboxylic acid groups (broad SMARTS) is 1. The molecule has 0 aromatic heterocycles. The number of fused-ring (bicyclic) bond motifs is 4. The van der Waals surface area contributed by atoms with Gasteiger partial charge in [0.15, 0.2) is 17.2 Å². The SMILES string of the molecule is COc1cc([C@H]2C(C#N)=C(N)Oc3c2ccc(NC(=O)[C@H](C)N(CC2c4ccccc4-c4ccccc42)C(=O)O)c3N)cc(Br)c1OC. The van der Waals surface area contributed by atoms with Gasteiger partial charge in [-0.15, -0.1) is 0 Å². The number of anilines is 2. The molecule has 6 rings (SSSR count). The average Bonchev–Trinajstić information content (AvgIpc) is 3.40. The number of benzene rings is 4. The Kier molecular flexibility index (Phi) is 8.64. The molecule has 48 heavy (non-hydrogen) atoms. The first kappa shape index (κ1) is 32.3. The molecule has 1 aliphatic heterocycles. The van der Waals surface area contributed by atoms with Crippen LogP contribution in [0.1, 0.15) is 41.0 Å². The smallest absolute Gasteiger partial charge is 0.408 e. The van der Waals surface area contributed by atoms with E-state index < -0.39 is 24.0 Å². The summed E-state index contributed by atoms with van der Waals surface area (Å²) in [6.07, 6.45) is -1.23. The van der Waals surface area contributed by atoms with Gasteiger partial charge in [-0.1, -0.05) is 54.6 Å². The summed E-state index contributed by atoms with van der Waals surface area (Å²) in [5, 5.41) is 23.1. The molecule has 2 aliphatic rings. The Hall–Kier alpha value is -5.67. The molecule has 2 amide bonds. The fraction of sp³-hybridized carbons (Fsp3) is 0.194. The standard InChI is InChI=1S/C36H32BrN5O6/c1-18(42(36(44)45)17-26-22-10-6-4-8-20(22)21-9-5-7-11-23(21)26)35(43)41-28-13-12-24-30(25(16-38)34(40)48-32(24)31(28)39)19-14-27(37)33(47-3)29(15-19)46-2/h4-15,18,26,30H,17,39-40H2,1-3H3,(H,41,43)(H,44,45)/t18-,30+/m0/s1. The van der Waals surface area contributed by atoms with Crippen molar-refractivity contribution in [3.63, 3.8) is 0 Å². The number of carbonyl (C=O) groups is 2. The van der Waals surface area contributed by atoms with Crippen molar-refractivity contribution in [1.29, 1.82) is 5.26 Å². The fourth-order valence-corrected chi connectivity index (χ4v) is 7.16. The van der Waals surface area contributed by atoms with Crippen molar-refractivity contribution in [2.24, 2.45) is 5.73 Å². The van der Waals surface area contributed by atoms with Gasteiger partial charge in [-0.3, -0.25) is 9.69 Å². The van der Waals surface area contributed by atoms with Crippen molar-refractivity contribution >= 4 is 39.3 Å². The largest absolute Gasteiger partial charge is 0.493 e. The Morgan fingerprint density at radius 2 is 1.67 bits per heavy atom. The second-order valence-electron chi connectivity index (χ2n) is 11.4. The number of carbonyl (C=O) groups excluding carboxylic acids is 1. The molecule has 0 fully saturated rings. The maximum atomic E-state index is 13.6. The molecule has 0 radical (unpaired) electrons. The van der Waals surface area contributed by atoms with Crippen molar-refractivity contribution in [3.05, 3.63) is 111 Å². The third-order valence-corrected chi connectivity index (χ3v) is 9.49. The number of amides is 2. The summed E-state index contributed by atoms with van der Waals surface area (Å²) in [6, 6.07) is 23.7. The maximum Gasteiger partial charge on any atom is 0.408 e. The van der Waals surface area contributed by atoms with Gasteiger partial charge in [0.2, 0.25) is 11.8 Å². The zero-order valence-electron chi connectivity index (χ0n) is 26.3. The number of hydrogen-bond donors (Lipinski definition) is 4. The summed E-state index contributed by atoms with van der Waals surface area (Å²) >= 11 is 3.51. The van der Waals surface area contributed by atoms with E-state index in [-0.39, 0.29) is 41.0 Å². The molecule has 12 heteroatoms. The molecule has 4 aromatic rings. The van der Waals surface area contributed by atoms with Gasteiger partial charge >= 0.3 is 6.09 Å². The van der Waals surface area contributed by atoms with Crippen LogP contribution < -0.4 is 31.0 Å². The zero-order valence-corrected chi connectivity index (χ0v) is 27.9. The number of methoxy groups -OCH3 is 2. The zero-order chi connectivity index (χ0) is 34.3. The predicted molar refractivity (Wildman–Crippen MR) is 184 cm³/mol. The van der Waals surface area contributed by atoms with Crippen LogP contribution in [-0.4, -0.2) is 48.8 Å². The number of nitrogens with zero attached hydrogens (tertiary/aromatic N) is 2. The number of rotatable bonds is 8. The van der Waals surface area contributed by atoms with Crippen LogP contribution in [0.3, 0.4) is 0 Å². The van der Waals surface area contributed by atoms with E-state index in [1.807, 2.05) is 48.5 Å². The predicted octanol–water partition coefficient (Wildman–Crippen LogP) is 6.39. The molecule has 6 N–H and O–H groups in total. The molecule has 11 nitrogen and oxygen atoms in total. The van der Waals surface area contributed by atoms with Crippen molar-refractivity contribution in [3.8, 4) is 34.4 Å². The van der Waals surface area contributed by atoms with Crippen LogP contribution in [0.15, 0.2) is 88.7 Å². The molecule has 0 saturated carbocycles. The summed E-state index contributed by atoms with van der Waals surface area (Å²) in [5.41, 5.74) is 18.5. The van der Waals surface area contributed by atoms with Crippen LogP contribution in [0.2, 0.25) is 0 Å². The van der Waals surface area contributed by atoms with Gasteiger partial charge < -0.3 is 36.1 Å². The number of nitriles is 1. The second kappa shape index (κ2) is 12.8. The highest BCUT2D eigenvalue weighted by Gasteiger charge is 2.36. The lowest BCUT2D eigenvalue weighted by Gasteiger charge is -2.30. The molecule has 1 heterocycles. The topological polar surface area (TPSA) is 173 Å². The average molecular weight is 711 g/mol. The van der Waals surface area contributed by atoms with Gasteiger partial charge in [0.1, 0.15) is 17.7 Å². The normalized spacial score (nSPS) is 15.3. The number of nitrogen functional groups attached to an aromatic ring is 1. The quantitative estimate of drug-likeness (QED) is 0.151. The Balaban J connectivity index is 1.30. The van der Waals surface area contributed by atoms with Crippen molar-refractivity contribution < 1.29 is 28.9 Å². The molecular formula is C36H32BrN5O6. The van der Waals surface area contributed by atoms with E-state index in [0.29, 0.717) is 27.1 Å². The highest BCUT2D eigenvalue weighted by atomic mass is 79.9. The first-order valence-corrected chi connectivity index (χ1v) is 15.8. The minimum atomic E-state index is -1.23. The van der Waals surface area contributed by atoms with Gasteiger partial charge in [-0.2, -0.15) is 5.26 Å². The lowest BCUT2D eigenvalue weighted by molar-refractivity contribution is -0.120. The Bertz CT molecular complexity index is 1990. The first-order chi connectivity index (χ1) is 23.1. The highest BCUT2D eigenvalue weighted by molar-refractivity contribution is 9.10. The molecule has 2 atom stereocenters. The maximum absolute atomic E-state index is 13.6. The van der Waals surface area contributed by atoms with Crippen LogP contribution in [0.25, 0.3) is 11.1 Å². The van der Waals surface area contributed by atoms with Crippen molar-refractivity contribution in [2.45, 2.75) is 24.8 Å². The van der Waals surface area contributed by atoms with E-state index in [4.69, 9.17) is 25.7 Å². The van der Waals surface area contributed by atoms with Crippen molar-refractivity contribution in [1.82, 2.24) is 4.90 Å².